The van der Waals surface area contributed by atoms with Crippen molar-refractivity contribution in [3.63, 3.8) is 0 Å². The SMILES string of the molecule is CC(C)(C)OC(=O)N1CCC2(CCN(Cc3ccccc3)CC2)C(c2ccc(F)cc2O[C@@H]2CCOC2)C1. The first-order valence-corrected chi connectivity index (χ1v) is 14.0. The first-order chi connectivity index (χ1) is 18.2. The summed E-state index contributed by atoms with van der Waals surface area (Å²) in [6.07, 6.45) is 3.37. The normalized spacial score (nSPS) is 23.9. The van der Waals surface area contributed by atoms with E-state index in [0.29, 0.717) is 32.1 Å². The van der Waals surface area contributed by atoms with Gasteiger partial charge < -0.3 is 19.1 Å². The van der Waals surface area contributed by atoms with Gasteiger partial charge in [0, 0.05) is 38.0 Å². The molecule has 0 N–H and O–H groups in total. The Morgan fingerprint density at radius 3 is 2.50 bits per heavy atom. The van der Waals surface area contributed by atoms with E-state index >= 15 is 0 Å². The first-order valence-electron chi connectivity index (χ1n) is 14.0. The second kappa shape index (κ2) is 11.2. The van der Waals surface area contributed by atoms with E-state index < -0.39 is 5.60 Å². The van der Waals surface area contributed by atoms with E-state index in [1.54, 1.807) is 0 Å². The summed E-state index contributed by atoms with van der Waals surface area (Å²) in [6.45, 7) is 11.0. The molecule has 1 amide bonds. The van der Waals surface area contributed by atoms with Crippen molar-refractivity contribution < 1.29 is 23.4 Å². The molecule has 1 unspecified atom stereocenters. The minimum atomic E-state index is -0.558. The van der Waals surface area contributed by atoms with Crippen LogP contribution in [0.25, 0.3) is 0 Å². The summed E-state index contributed by atoms with van der Waals surface area (Å²) >= 11 is 0. The molecular weight excluding hydrogens is 483 g/mol. The number of rotatable bonds is 5. The van der Waals surface area contributed by atoms with Crippen LogP contribution in [0.4, 0.5) is 9.18 Å². The smallest absolute Gasteiger partial charge is 0.410 e. The van der Waals surface area contributed by atoms with Crippen LogP contribution < -0.4 is 4.74 Å². The Bertz CT molecular complexity index is 1090. The van der Waals surface area contributed by atoms with Crippen LogP contribution in [0.15, 0.2) is 48.5 Å². The van der Waals surface area contributed by atoms with Gasteiger partial charge in [0.25, 0.3) is 0 Å². The number of hydrogen-bond acceptors (Lipinski definition) is 5. The van der Waals surface area contributed by atoms with Crippen LogP contribution in [0, 0.1) is 11.2 Å². The number of carbonyl (C=O) groups is 1. The lowest BCUT2D eigenvalue weighted by atomic mass is 9.62. The molecule has 3 saturated heterocycles. The highest BCUT2D eigenvalue weighted by Crippen LogP contribution is 2.52. The highest BCUT2D eigenvalue weighted by atomic mass is 19.1. The van der Waals surface area contributed by atoms with Crippen molar-refractivity contribution in [2.75, 3.05) is 39.4 Å². The largest absolute Gasteiger partial charge is 0.488 e. The van der Waals surface area contributed by atoms with Gasteiger partial charge in [0.1, 0.15) is 23.3 Å². The Hall–Kier alpha value is -2.64. The highest BCUT2D eigenvalue weighted by Gasteiger charge is 2.48. The molecule has 1 spiro atoms. The third-order valence-electron chi connectivity index (χ3n) is 8.31. The minimum Gasteiger partial charge on any atom is -0.488 e. The summed E-state index contributed by atoms with van der Waals surface area (Å²) in [7, 11) is 0. The van der Waals surface area contributed by atoms with Crippen LogP contribution in [-0.4, -0.2) is 67.0 Å². The molecule has 206 valence electrons. The zero-order valence-electron chi connectivity index (χ0n) is 23.0. The molecule has 2 aromatic carbocycles. The Balaban J connectivity index is 1.40. The van der Waals surface area contributed by atoms with E-state index in [4.69, 9.17) is 14.2 Å². The lowest BCUT2D eigenvalue weighted by molar-refractivity contribution is -0.0147. The Morgan fingerprint density at radius 2 is 1.82 bits per heavy atom. The molecule has 0 bridgehead atoms. The minimum absolute atomic E-state index is 0.00775. The molecule has 0 radical (unpaired) electrons. The summed E-state index contributed by atoms with van der Waals surface area (Å²) in [6, 6.07) is 15.5. The maximum absolute atomic E-state index is 14.5. The number of amides is 1. The molecule has 3 aliphatic rings. The molecule has 0 aromatic heterocycles. The topological polar surface area (TPSA) is 51.2 Å². The second-order valence-electron chi connectivity index (χ2n) is 12.1. The fourth-order valence-corrected chi connectivity index (χ4v) is 6.24. The summed E-state index contributed by atoms with van der Waals surface area (Å²) < 4.78 is 32.1. The highest BCUT2D eigenvalue weighted by molar-refractivity contribution is 5.68. The monoisotopic (exact) mass is 524 g/mol. The van der Waals surface area contributed by atoms with E-state index in [9.17, 15) is 9.18 Å². The molecule has 5 rings (SSSR count). The van der Waals surface area contributed by atoms with Crippen molar-refractivity contribution in [2.45, 2.75) is 70.6 Å². The molecule has 2 aromatic rings. The van der Waals surface area contributed by atoms with Gasteiger partial charge in [-0.05, 0) is 75.7 Å². The van der Waals surface area contributed by atoms with Crippen LogP contribution in [0.1, 0.15) is 63.5 Å². The Labute approximate surface area is 226 Å². The average Bonchev–Trinajstić information content (AvgIpc) is 3.39. The van der Waals surface area contributed by atoms with Crippen LogP contribution in [-0.2, 0) is 16.0 Å². The summed E-state index contributed by atoms with van der Waals surface area (Å²) in [4.78, 5) is 17.5. The number of nitrogens with zero attached hydrogens (tertiary/aromatic N) is 2. The van der Waals surface area contributed by atoms with Gasteiger partial charge in [-0.3, -0.25) is 4.90 Å². The third kappa shape index (κ3) is 6.32. The zero-order chi connectivity index (χ0) is 26.8. The predicted molar refractivity (Wildman–Crippen MR) is 145 cm³/mol. The third-order valence-corrected chi connectivity index (χ3v) is 8.31. The van der Waals surface area contributed by atoms with Gasteiger partial charge in [-0.15, -0.1) is 0 Å². The number of hydrogen-bond donors (Lipinski definition) is 0. The molecule has 3 heterocycles. The van der Waals surface area contributed by atoms with Crippen LogP contribution in [0.5, 0.6) is 5.75 Å². The number of ether oxygens (including phenoxy) is 3. The Kier molecular flexibility index (Phi) is 7.96. The number of halogens is 1. The molecule has 2 atom stereocenters. The van der Waals surface area contributed by atoms with E-state index in [2.05, 4.69) is 35.2 Å². The van der Waals surface area contributed by atoms with Gasteiger partial charge in [0.05, 0.1) is 13.2 Å². The van der Waals surface area contributed by atoms with Crippen molar-refractivity contribution in [3.05, 3.63) is 65.5 Å². The second-order valence-corrected chi connectivity index (χ2v) is 12.1. The molecule has 6 nitrogen and oxygen atoms in total. The van der Waals surface area contributed by atoms with Crippen molar-refractivity contribution in [1.29, 1.82) is 0 Å². The molecule has 38 heavy (non-hydrogen) atoms. The molecule has 0 aliphatic carbocycles. The van der Waals surface area contributed by atoms with Crippen molar-refractivity contribution in [1.82, 2.24) is 9.80 Å². The van der Waals surface area contributed by atoms with E-state index in [-0.39, 0.29) is 29.3 Å². The van der Waals surface area contributed by atoms with E-state index in [0.717, 1.165) is 50.9 Å². The van der Waals surface area contributed by atoms with Gasteiger partial charge in [-0.25, -0.2) is 9.18 Å². The molecule has 7 heteroatoms. The molecular formula is C31H41FN2O4. The standard InChI is InChI=1S/C31H41FN2O4/c1-30(2,3)38-29(35)34-17-14-31(12-15-33(16-13-31)20-23-7-5-4-6-8-23)27(21-34)26-10-9-24(32)19-28(26)37-25-11-18-36-22-25/h4-10,19,25,27H,11-18,20-22H2,1-3H3/t25-,27?/m1/s1. The molecule has 3 fully saturated rings. The lowest BCUT2D eigenvalue weighted by Gasteiger charge is -2.52. The predicted octanol–water partition coefficient (Wildman–Crippen LogP) is 6.00. The van der Waals surface area contributed by atoms with Gasteiger partial charge in [-0.1, -0.05) is 36.4 Å². The Morgan fingerprint density at radius 1 is 1.08 bits per heavy atom. The van der Waals surface area contributed by atoms with Crippen LogP contribution >= 0.6 is 0 Å². The average molecular weight is 525 g/mol. The fourth-order valence-electron chi connectivity index (χ4n) is 6.24. The van der Waals surface area contributed by atoms with Crippen molar-refractivity contribution in [3.8, 4) is 5.75 Å². The first kappa shape index (κ1) is 26.9. The maximum Gasteiger partial charge on any atom is 0.410 e. The van der Waals surface area contributed by atoms with Gasteiger partial charge in [0.15, 0.2) is 0 Å². The zero-order valence-corrected chi connectivity index (χ0v) is 23.0. The molecule has 3 aliphatic heterocycles. The number of likely N-dealkylation sites (tertiary alicyclic amines) is 2. The number of carbonyl (C=O) groups excluding carboxylic acids is 1. The lowest BCUT2D eigenvalue weighted by Crippen LogP contribution is -2.53. The van der Waals surface area contributed by atoms with Gasteiger partial charge >= 0.3 is 6.09 Å². The number of piperidine rings is 2. The van der Waals surface area contributed by atoms with Crippen molar-refractivity contribution in [2.24, 2.45) is 5.41 Å². The van der Waals surface area contributed by atoms with Crippen LogP contribution in [0.3, 0.4) is 0 Å². The van der Waals surface area contributed by atoms with Gasteiger partial charge in [0.2, 0.25) is 0 Å². The van der Waals surface area contributed by atoms with Crippen LogP contribution in [0.2, 0.25) is 0 Å². The summed E-state index contributed by atoms with van der Waals surface area (Å²) in [5.74, 6) is 0.303. The van der Waals surface area contributed by atoms with Crippen molar-refractivity contribution >= 4 is 6.09 Å². The fraction of sp³-hybridized carbons (Fsp3) is 0.581. The maximum atomic E-state index is 14.5. The number of benzene rings is 2. The molecule has 0 saturated carbocycles. The summed E-state index contributed by atoms with van der Waals surface area (Å²) in [5.41, 5.74) is 1.76. The van der Waals surface area contributed by atoms with E-state index in [1.165, 1.54) is 17.7 Å². The van der Waals surface area contributed by atoms with E-state index in [1.807, 2.05) is 31.7 Å². The summed E-state index contributed by atoms with van der Waals surface area (Å²) in [5, 5.41) is 0. The quantitative estimate of drug-likeness (QED) is 0.480. The van der Waals surface area contributed by atoms with Gasteiger partial charge in [-0.2, -0.15) is 0 Å².